The number of benzene rings is 1. The van der Waals surface area contributed by atoms with Crippen LogP contribution < -0.4 is 19.7 Å². The Kier molecular flexibility index (Phi) is 5.46. The van der Waals surface area contributed by atoms with Crippen LogP contribution >= 0.6 is 0 Å². The Morgan fingerprint density at radius 2 is 2.00 bits per heavy atom. The summed E-state index contributed by atoms with van der Waals surface area (Å²) in [7, 11) is 3.12. The Morgan fingerprint density at radius 3 is 2.69 bits per heavy atom. The number of ether oxygens (including phenoxy) is 2. The molecule has 1 fully saturated rings. The second-order valence-corrected chi connectivity index (χ2v) is 6.16. The first kappa shape index (κ1) is 17.8. The van der Waals surface area contributed by atoms with Crippen LogP contribution in [-0.4, -0.2) is 43.7 Å². The van der Waals surface area contributed by atoms with Crippen molar-refractivity contribution in [2.45, 2.75) is 13.0 Å². The van der Waals surface area contributed by atoms with E-state index >= 15 is 0 Å². The zero-order valence-corrected chi connectivity index (χ0v) is 15.0. The van der Waals surface area contributed by atoms with Crippen molar-refractivity contribution in [3.8, 4) is 11.5 Å². The number of aromatic nitrogens is 1. The van der Waals surface area contributed by atoms with Gasteiger partial charge in [0.05, 0.1) is 25.8 Å². The maximum Gasteiger partial charge on any atom is 0.227 e. The summed E-state index contributed by atoms with van der Waals surface area (Å²) in [6.45, 7) is 1.58. The summed E-state index contributed by atoms with van der Waals surface area (Å²) in [5.41, 5.74) is 0.654. The highest BCUT2D eigenvalue weighted by Crippen LogP contribution is 2.35. The van der Waals surface area contributed by atoms with Crippen molar-refractivity contribution >= 4 is 17.5 Å². The van der Waals surface area contributed by atoms with Gasteiger partial charge in [-0.05, 0) is 24.3 Å². The molecule has 0 bridgehead atoms. The third kappa shape index (κ3) is 3.82. The van der Waals surface area contributed by atoms with Gasteiger partial charge in [-0.3, -0.25) is 9.59 Å². The smallest absolute Gasteiger partial charge is 0.227 e. The zero-order chi connectivity index (χ0) is 18.5. The van der Waals surface area contributed by atoms with E-state index in [1.54, 1.807) is 37.3 Å². The van der Waals surface area contributed by atoms with Crippen LogP contribution in [0.3, 0.4) is 0 Å². The average molecular weight is 357 g/mol. The average Bonchev–Trinajstić information content (AvgIpc) is 3.30. The van der Waals surface area contributed by atoms with E-state index in [1.165, 1.54) is 0 Å². The highest BCUT2D eigenvalue weighted by atomic mass is 16.5. The fraction of sp³-hybridized carbons (Fsp3) is 0.368. The van der Waals surface area contributed by atoms with Crippen molar-refractivity contribution in [1.29, 1.82) is 0 Å². The van der Waals surface area contributed by atoms with Crippen LogP contribution in [0.15, 0.2) is 42.7 Å². The van der Waals surface area contributed by atoms with Gasteiger partial charge < -0.3 is 24.3 Å². The minimum absolute atomic E-state index is 0.0842. The maximum absolute atomic E-state index is 12.4. The molecule has 1 N–H and O–H groups in total. The maximum atomic E-state index is 12.4. The molecule has 0 saturated carbocycles. The first-order chi connectivity index (χ1) is 12.6. The summed E-state index contributed by atoms with van der Waals surface area (Å²) in [5, 5.41) is 2.91. The van der Waals surface area contributed by atoms with E-state index in [-0.39, 0.29) is 24.2 Å². The van der Waals surface area contributed by atoms with Crippen LogP contribution in [0.2, 0.25) is 0 Å². The van der Waals surface area contributed by atoms with Gasteiger partial charge in [0.2, 0.25) is 11.8 Å². The van der Waals surface area contributed by atoms with Crippen molar-refractivity contribution in [2.24, 2.45) is 5.92 Å². The number of anilines is 1. The molecule has 1 aromatic carbocycles. The monoisotopic (exact) mass is 357 g/mol. The summed E-state index contributed by atoms with van der Waals surface area (Å²) >= 11 is 0. The lowest BCUT2D eigenvalue weighted by Crippen LogP contribution is -2.34. The number of carbonyl (C=O) groups excluding carboxylic acids is 2. The predicted octanol–water partition coefficient (Wildman–Crippen LogP) is 1.67. The van der Waals surface area contributed by atoms with E-state index < -0.39 is 0 Å². The number of methoxy groups -OCH3 is 2. The molecule has 138 valence electrons. The van der Waals surface area contributed by atoms with Crippen LogP contribution in [0.1, 0.15) is 6.42 Å². The number of nitrogens with zero attached hydrogens (tertiary/aromatic N) is 2. The standard InChI is InChI=1S/C19H23N3O4/c1-25-15-5-6-16(17(12-15)26-2)22-13-14(11-18(22)23)19(24)20-7-10-21-8-3-4-9-21/h3-6,8-9,12,14H,7,10-11,13H2,1-2H3,(H,20,24). The molecular weight excluding hydrogens is 334 g/mol. The van der Waals surface area contributed by atoms with Gasteiger partial charge in [0.25, 0.3) is 0 Å². The molecule has 2 heterocycles. The highest BCUT2D eigenvalue weighted by Gasteiger charge is 2.36. The van der Waals surface area contributed by atoms with Gasteiger partial charge in [-0.2, -0.15) is 0 Å². The Bertz CT molecular complexity index is 773. The molecule has 0 aliphatic carbocycles. The van der Waals surface area contributed by atoms with Crippen LogP contribution in [-0.2, 0) is 16.1 Å². The molecule has 1 saturated heterocycles. The second-order valence-electron chi connectivity index (χ2n) is 6.16. The number of hydrogen-bond donors (Lipinski definition) is 1. The van der Waals surface area contributed by atoms with E-state index in [0.717, 1.165) is 0 Å². The number of amides is 2. The molecule has 1 atom stereocenters. The fourth-order valence-electron chi connectivity index (χ4n) is 3.10. The van der Waals surface area contributed by atoms with Crippen molar-refractivity contribution < 1.29 is 19.1 Å². The first-order valence-electron chi connectivity index (χ1n) is 8.53. The molecule has 1 aliphatic heterocycles. The third-order valence-electron chi connectivity index (χ3n) is 4.51. The molecule has 2 amide bonds. The Balaban J connectivity index is 1.62. The number of hydrogen-bond acceptors (Lipinski definition) is 4. The first-order valence-corrected chi connectivity index (χ1v) is 8.53. The van der Waals surface area contributed by atoms with Crippen LogP contribution in [0, 0.1) is 5.92 Å². The number of carbonyl (C=O) groups is 2. The van der Waals surface area contributed by atoms with Gasteiger partial charge in [-0.1, -0.05) is 0 Å². The summed E-state index contributed by atoms with van der Waals surface area (Å²) < 4.78 is 12.6. The van der Waals surface area contributed by atoms with E-state index in [2.05, 4.69) is 5.32 Å². The quantitative estimate of drug-likeness (QED) is 0.818. The molecule has 26 heavy (non-hydrogen) atoms. The fourth-order valence-corrected chi connectivity index (χ4v) is 3.10. The summed E-state index contributed by atoms with van der Waals surface area (Å²) in [5.74, 6) is 0.654. The van der Waals surface area contributed by atoms with Crippen molar-refractivity contribution in [1.82, 2.24) is 9.88 Å². The summed E-state index contributed by atoms with van der Waals surface area (Å²) in [6, 6.07) is 9.17. The SMILES string of the molecule is COc1ccc(N2CC(C(=O)NCCn3cccc3)CC2=O)c(OC)c1. The van der Waals surface area contributed by atoms with E-state index in [0.29, 0.717) is 36.8 Å². The van der Waals surface area contributed by atoms with Gasteiger partial charge >= 0.3 is 0 Å². The van der Waals surface area contributed by atoms with Gasteiger partial charge in [0.15, 0.2) is 0 Å². The Labute approximate surface area is 152 Å². The van der Waals surface area contributed by atoms with Gasteiger partial charge in [0, 0.05) is 44.5 Å². The summed E-state index contributed by atoms with van der Waals surface area (Å²) in [6.07, 6.45) is 4.09. The molecule has 3 rings (SSSR count). The summed E-state index contributed by atoms with van der Waals surface area (Å²) in [4.78, 5) is 26.4. The Hall–Kier alpha value is -2.96. The van der Waals surface area contributed by atoms with E-state index in [4.69, 9.17) is 9.47 Å². The lowest BCUT2D eigenvalue weighted by molar-refractivity contribution is -0.126. The van der Waals surface area contributed by atoms with Crippen LogP contribution in [0.4, 0.5) is 5.69 Å². The molecule has 1 unspecified atom stereocenters. The largest absolute Gasteiger partial charge is 0.497 e. The van der Waals surface area contributed by atoms with Crippen LogP contribution in [0.5, 0.6) is 11.5 Å². The zero-order valence-electron chi connectivity index (χ0n) is 15.0. The molecule has 2 aromatic rings. The van der Waals surface area contributed by atoms with Gasteiger partial charge in [-0.15, -0.1) is 0 Å². The number of nitrogens with one attached hydrogen (secondary N) is 1. The normalized spacial score (nSPS) is 16.6. The molecule has 7 heteroatoms. The van der Waals surface area contributed by atoms with Crippen LogP contribution in [0.25, 0.3) is 0 Å². The van der Waals surface area contributed by atoms with E-state index in [1.807, 2.05) is 29.1 Å². The second kappa shape index (κ2) is 7.95. The van der Waals surface area contributed by atoms with Crippen molar-refractivity contribution in [2.75, 3.05) is 32.2 Å². The van der Waals surface area contributed by atoms with Gasteiger partial charge in [-0.25, -0.2) is 0 Å². The lowest BCUT2D eigenvalue weighted by atomic mass is 10.1. The van der Waals surface area contributed by atoms with Crippen molar-refractivity contribution in [3.05, 3.63) is 42.7 Å². The molecular formula is C19H23N3O4. The lowest BCUT2D eigenvalue weighted by Gasteiger charge is -2.20. The minimum atomic E-state index is -0.362. The van der Waals surface area contributed by atoms with Gasteiger partial charge in [0.1, 0.15) is 11.5 Å². The number of rotatable bonds is 7. The molecule has 1 aliphatic rings. The Morgan fingerprint density at radius 1 is 1.23 bits per heavy atom. The van der Waals surface area contributed by atoms with Crippen molar-refractivity contribution in [3.63, 3.8) is 0 Å². The predicted molar refractivity (Wildman–Crippen MR) is 97.4 cm³/mol. The van der Waals surface area contributed by atoms with E-state index in [9.17, 15) is 9.59 Å². The minimum Gasteiger partial charge on any atom is -0.497 e. The highest BCUT2D eigenvalue weighted by molar-refractivity contribution is 6.01. The third-order valence-corrected chi connectivity index (χ3v) is 4.51. The molecule has 1 aromatic heterocycles. The topological polar surface area (TPSA) is 72.8 Å². The molecule has 0 radical (unpaired) electrons. The molecule has 0 spiro atoms. The molecule has 7 nitrogen and oxygen atoms in total.